The molecule has 1 heterocycles. The van der Waals surface area contributed by atoms with Gasteiger partial charge in [0.05, 0.1) is 6.54 Å². The van der Waals surface area contributed by atoms with Crippen LogP contribution in [0.2, 0.25) is 5.02 Å². The summed E-state index contributed by atoms with van der Waals surface area (Å²) >= 11 is 5.89. The number of hydrogen-bond donors (Lipinski definition) is 2. The van der Waals surface area contributed by atoms with Gasteiger partial charge in [-0.3, -0.25) is 4.99 Å². The molecule has 0 unspecified atom stereocenters. The second kappa shape index (κ2) is 8.58. The summed E-state index contributed by atoms with van der Waals surface area (Å²) in [6.07, 6.45) is 3.85. The summed E-state index contributed by atoms with van der Waals surface area (Å²) in [7, 11) is 1.76. The number of aliphatic imine (C=N–C) groups is 1. The van der Waals surface area contributed by atoms with E-state index in [9.17, 15) is 0 Å². The third-order valence-corrected chi connectivity index (χ3v) is 3.63. The van der Waals surface area contributed by atoms with Crippen molar-refractivity contribution < 1.29 is 0 Å². The molecule has 6 heteroatoms. The Morgan fingerprint density at radius 3 is 2.57 bits per heavy atom. The summed E-state index contributed by atoms with van der Waals surface area (Å²) in [4.78, 5) is 8.65. The van der Waals surface area contributed by atoms with Crippen molar-refractivity contribution in [3.8, 4) is 0 Å². The summed E-state index contributed by atoms with van der Waals surface area (Å²) in [5.41, 5.74) is 1.15. The van der Waals surface area contributed by atoms with Crippen molar-refractivity contribution >= 4 is 17.6 Å². The molecule has 1 aromatic carbocycles. The number of nitrogens with one attached hydrogen (secondary N) is 2. The van der Waals surface area contributed by atoms with E-state index in [0.29, 0.717) is 19.0 Å². The zero-order chi connectivity index (χ0) is 16.7. The number of aromatic nitrogens is 2. The number of nitrogens with zero attached hydrogens (tertiary/aromatic N) is 3. The highest BCUT2D eigenvalue weighted by Gasteiger charge is 2.06. The van der Waals surface area contributed by atoms with Crippen LogP contribution in [0.25, 0.3) is 0 Å². The number of imidazole rings is 1. The molecule has 0 saturated carbocycles. The first-order valence-electron chi connectivity index (χ1n) is 7.77. The van der Waals surface area contributed by atoms with Gasteiger partial charge in [0, 0.05) is 37.6 Å². The molecular weight excluding hydrogens is 310 g/mol. The van der Waals surface area contributed by atoms with Gasteiger partial charge in [0.2, 0.25) is 0 Å². The molecule has 1 aromatic heterocycles. The minimum atomic E-state index is 0.588. The van der Waals surface area contributed by atoms with Gasteiger partial charge in [-0.05, 0) is 23.6 Å². The molecule has 2 N–H and O–H groups in total. The second-order valence-corrected chi connectivity index (χ2v) is 6.23. The molecule has 0 aliphatic rings. The Bertz CT molecular complexity index is 631. The maximum Gasteiger partial charge on any atom is 0.191 e. The molecule has 0 radical (unpaired) electrons. The molecular formula is C17H24ClN5. The van der Waals surface area contributed by atoms with E-state index in [4.69, 9.17) is 11.6 Å². The highest BCUT2D eigenvalue weighted by atomic mass is 35.5. The predicted octanol–water partition coefficient (Wildman–Crippen LogP) is 3.06. The van der Waals surface area contributed by atoms with Crippen LogP contribution in [0.4, 0.5) is 0 Å². The number of halogens is 1. The number of rotatable bonds is 6. The van der Waals surface area contributed by atoms with Gasteiger partial charge < -0.3 is 15.2 Å². The molecule has 5 nitrogen and oxygen atoms in total. The Morgan fingerprint density at radius 2 is 1.91 bits per heavy atom. The molecule has 0 atom stereocenters. The summed E-state index contributed by atoms with van der Waals surface area (Å²) < 4.78 is 2.17. The van der Waals surface area contributed by atoms with Gasteiger partial charge in [-0.1, -0.05) is 37.6 Å². The van der Waals surface area contributed by atoms with Crippen molar-refractivity contribution in [2.45, 2.75) is 33.5 Å². The highest BCUT2D eigenvalue weighted by Crippen LogP contribution is 2.09. The second-order valence-electron chi connectivity index (χ2n) is 5.80. The molecule has 0 aliphatic carbocycles. The fourth-order valence-electron chi connectivity index (χ4n) is 2.24. The van der Waals surface area contributed by atoms with Crippen LogP contribution in [0.5, 0.6) is 0 Å². The van der Waals surface area contributed by atoms with Crippen molar-refractivity contribution in [3.05, 3.63) is 53.1 Å². The van der Waals surface area contributed by atoms with Gasteiger partial charge in [0.1, 0.15) is 5.82 Å². The minimum absolute atomic E-state index is 0.588. The third-order valence-electron chi connectivity index (χ3n) is 3.37. The van der Waals surface area contributed by atoms with Crippen molar-refractivity contribution in [2.24, 2.45) is 10.9 Å². The predicted molar refractivity (Wildman–Crippen MR) is 95.6 cm³/mol. The maximum atomic E-state index is 5.89. The lowest BCUT2D eigenvalue weighted by Crippen LogP contribution is -2.37. The first kappa shape index (κ1) is 17.3. The average molecular weight is 334 g/mol. The molecule has 0 bridgehead atoms. The van der Waals surface area contributed by atoms with E-state index in [1.807, 2.05) is 36.7 Å². The lowest BCUT2D eigenvalue weighted by molar-refractivity contribution is 0.503. The highest BCUT2D eigenvalue weighted by molar-refractivity contribution is 6.30. The molecule has 0 saturated heterocycles. The van der Waals surface area contributed by atoms with Crippen LogP contribution in [0.3, 0.4) is 0 Å². The Labute approximate surface area is 142 Å². The lowest BCUT2D eigenvalue weighted by Gasteiger charge is -2.14. The fourth-order valence-corrected chi connectivity index (χ4v) is 2.36. The minimum Gasteiger partial charge on any atom is -0.352 e. The summed E-state index contributed by atoms with van der Waals surface area (Å²) in [6.45, 7) is 6.69. The van der Waals surface area contributed by atoms with Gasteiger partial charge in [0.25, 0.3) is 0 Å². The summed E-state index contributed by atoms with van der Waals surface area (Å²) in [6, 6.07) is 7.77. The Balaban J connectivity index is 1.86. The fraction of sp³-hybridized carbons (Fsp3) is 0.412. The third kappa shape index (κ3) is 5.60. The van der Waals surface area contributed by atoms with Crippen molar-refractivity contribution in [1.82, 2.24) is 20.2 Å². The topological polar surface area (TPSA) is 54.2 Å². The molecule has 23 heavy (non-hydrogen) atoms. The zero-order valence-electron chi connectivity index (χ0n) is 13.9. The largest absolute Gasteiger partial charge is 0.352 e. The smallest absolute Gasteiger partial charge is 0.191 e. The van der Waals surface area contributed by atoms with E-state index in [2.05, 4.69) is 39.0 Å². The molecule has 0 fully saturated rings. The molecule has 2 rings (SSSR count). The van der Waals surface area contributed by atoms with Gasteiger partial charge >= 0.3 is 0 Å². The zero-order valence-corrected chi connectivity index (χ0v) is 14.6. The van der Waals surface area contributed by atoms with Crippen molar-refractivity contribution in [2.75, 3.05) is 7.05 Å². The van der Waals surface area contributed by atoms with Crippen LogP contribution in [-0.4, -0.2) is 22.6 Å². The molecule has 124 valence electrons. The average Bonchev–Trinajstić information content (AvgIpc) is 2.95. The van der Waals surface area contributed by atoms with E-state index >= 15 is 0 Å². The van der Waals surface area contributed by atoms with E-state index in [1.165, 1.54) is 0 Å². The van der Waals surface area contributed by atoms with Gasteiger partial charge in [-0.15, -0.1) is 0 Å². The van der Waals surface area contributed by atoms with Crippen LogP contribution >= 0.6 is 11.6 Å². The summed E-state index contributed by atoms with van der Waals surface area (Å²) in [5.74, 6) is 2.34. The number of benzene rings is 1. The molecule has 0 aliphatic heterocycles. The van der Waals surface area contributed by atoms with Crippen LogP contribution in [0, 0.1) is 5.92 Å². The first-order valence-corrected chi connectivity index (χ1v) is 8.15. The molecule has 0 amide bonds. The SMILES string of the molecule is CN=C(NCc1ccc(Cl)cc1)NCc1nccn1CC(C)C. The van der Waals surface area contributed by atoms with Gasteiger partial charge in [-0.2, -0.15) is 0 Å². The van der Waals surface area contributed by atoms with Crippen LogP contribution in [0.15, 0.2) is 41.7 Å². The van der Waals surface area contributed by atoms with Crippen LogP contribution in [-0.2, 0) is 19.6 Å². The van der Waals surface area contributed by atoms with Crippen LogP contribution < -0.4 is 10.6 Å². The quantitative estimate of drug-likeness (QED) is 0.631. The standard InChI is InChI=1S/C17H24ClN5/c1-13(2)12-23-9-8-20-16(23)11-22-17(19-3)21-10-14-4-6-15(18)7-5-14/h4-9,13H,10-12H2,1-3H3,(H2,19,21,22). The van der Waals surface area contributed by atoms with Crippen molar-refractivity contribution in [1.29, 1.82) is 0 Å². The normalized spacial score (nSPS) is 11.8. The van der Waals surface area contributed by atoms with Gasteiger partial charge in [0.15, 0.2) is 5.96 Å². The van der Waals surface area contributed by atoms with E-state index in [1.54, 1.807) is 7.05 Å². The Hall–Kier alpha value is -2.01. The Morgan fingerprint density at radius 1 is 1.22 bits per heavy atom. The van der Waals surface area contributed by atoms with E-state index < -0.39 is 0 Å². The first-order chi connectivity index (χ1) is 11.1. The monoisotopic (exact) mass is 333 g/mol. The van der Waals surface area contributed by atoms with Crippen molar-refractivity contribution in [3.63, 3.8) is 0 Å². The van der Waals surface area contributed by atoms with E-state index in [0.717, 1.165) is 28.9 Å². The lowest BCUT2D eigenvalue weighted by atomic mass is 10.2. The number of hydrogen-bond acceptors (Lipinski definition) is 2. The van der Waals surface area contributed by atoms with Gasteiger partial charge in [-0.25, -0.2) is 4.98 Å². The number of guanidine groups is 1. The summed E-state index contributed by atoms with van der Waals surface area (Å²) in [5, 5.41) is 7.33. The molecule has 2 aromatic rings. The molecule has 0 spiro atoms. The van der Waals surface area contributed by atoms with Crippen LogP contribution in [0.1, 0.15) is 25.2 Å². The van der Waals surface area contributed by atoms with E-state index in [-0.39, 0.29) is 0 Å². The maximum absolute atomic E-state index is 5.89. The Kier molecular flexibility index (Phi) is 6.47.